The highest BCUT2D eigenvalue weighted by molar-refractivity contribution is 5.93. The lowest BCUT2D eigenvalue weighted by atomic mass is 10.0. The average Bonchev–Trinajstić information content (AvgIpc) is 3.53. The molecule has 3 amide bonds. The largest absolute Gasteiger partial charge is 0.480 e. The summed E-state index contributed by atoms with van der Waals surface area (Å²) in [7, 11) is 0. The topological polar surface area (TPSA) is 182 Å². The minimum atomic E-state index is -1.19. The maximum absolute atomic E-state index is 12.9. The lowest BCUT2D eigenvalue weighted by Gasteiger charge is -2.23. The second-order valence-corrected chi connectivity index (χ2v) is 10.1. The van der Waals surface area contributed by atoms with Gasteiger partial charge in [-0.2, -0.15) is 0 Å². The third kappa shape index (κ3) is 6.67. The van der Waals surface area contributed by atoms with E-state index in [0.717, 1.165) is 32.9 Å². The van der Waals surface area contributed by atoms with E-state index in [9.17, 15) is 24.3 Å². The zero-order valence-corrected chi connectivity index (χ0v) is 22.4. The monoisotopic (exact) mass is 546 g/mol. The van der Waals surface area contributed by atoms with Crippen molar-refractivity contribution in [1.29, 1.82) is 0 Å². The molecule has 0 radical (unpaired) electrons. The van der Waals surface area contributed by atoms with E-state index in [-0.39, 0.29) is 18.8 Å². The number of benzene rings is 2. The van der Waals surface area contributed by atoms with Crippen LogP contribution in [0.3, 0.4) is 0 Å². The van der Waals surface area contributed by atoms with Crippen LogP contribution in [0.4, 0.5) is 0 Å². The van der Waals surface area contributed by atoms with E-state index in [4.69, 9.17) is 5.73 Å². The van der Waals surface area contributed by atoms with E-state index in [1.54, 1.807) is 20.0 Å². The smallest absolute Gasteiger partial charge is 0.326 e. The Kier molecular flexibility index (Phi) is 8.85. The van der Waals surface area contributed by atoms with Crippen molar-refractivity contribution in [3.8, 4) is 0 Å². The Labute approximate surface area is 230 Å². The normalized spacial score (nSPS) is 13.6. The molecule has 0 saturated carbocycles. The van der Waals surface area contributed by atoms with Crippen molar-refractivity contribution in [2.45, 2.75) is 44.8 Å². The number of H-pyrrole nitrogens is 2. The first-order valence-electron chi connectivity index (χ1n) is 13.1. The molecule has 40 heavy (non-hydrogen) atoms. The Balaban J connectivity index is 1.31. The quantitative estimate of drug-likeness (QED) is 0.142. The summed E-state index contributed by atoms with van der Waals surface area (Å²) in [5.41, 5.74) is 9.61. The number of hydrogen-bond acceptors (Lipinski definition) is 5. The number of fused-ring (bicyclic) bond motifs is 2. The molecule has 210 valence electrons. The van der Waals surface area contributed by atoms with Gasteiger partial charge in [-0.05, 0) is 35.6 Å². The first kappa shape index (κ1) is 28.4. The standard InChI is InChI=1S/C29H34N6O5/c1-16(2)26(35-27(37)21(30)11-17-13-31-22-9-5-3-7-19(17)22)28(38)33-15-25(36)34-24(29(39)40)12-18-14-32-23-10-6-4-8-20(18)23/h3-10,13-14,16,21,24,26,31-32H,11-12,15,30H2,1-2H3,(H,33,38)(H,34,36)(H,35,37)(H,39,40)/t21-,24-,26-/m0/s1. The van der Waals surface area contributed by atoms with E-state index in [1.165, 1.54) is 0 Å². The van der Waals surface area contributed by atoms with Crippen molar-refractivity contribution in [2.75, 3.05) is 6.54 Å². The van der Waals surface area contributed by atoms with Crippen molar-refractivity contribution in [1.82, 2.24) is 25.9 Å². The molecular formula is C29H34N6O5. The first-order chi connectivity index (χ1) is 19.1. The molecule has 4 aromatic rings. The SMILES string of the molecule is CC(C)[C@H](NC(=O)[C@@H](N)Cc1c[nH]c2ccccc12)C(=O)NCC(=O)N[C@@H](Cc1c[nH]c2ccccc12)C(=O)O. The van der Waals surface area contributed by atoms with Gasteiger partial charge in [0.2, 0.25) is 17.7 Å². The number of nitrogens with two attached hydrogens (primary N) is 1. The van der Waals surface area contributed by atoms with E-state index < -0.39 is 48.4 Å². The van der Waals surface area contributed by atoms with Crippen molar-refractivity contribution in [3.63, 3.8) is 0 Å². The summed E-state index contributed by atoms with van der Waals surface area (Å²) in [6.07, 6.45) is 3.87. The molecule has 2 aromatic carbocycles. The fourth-order valence-electron chi connectivity index (χ4n) is 4.67. The van der Waals surface area contributed by atoms with Crippen LogP contribution in [-0.4, -0.2) is 63.4 Å². The maximum atomic E-state index is 12.9. The van der Waals surface area contributed by atoms with Crippen LogP contribution in [-0.2, 0) is 32.0 Å². The van der Waals surface area contributed by atoms with Crippen molar-refractivity contribution < 1.29 is 24.3 Å². The molecule has 4 rings (SSSR count). The third-order valence-electron chi connectivity index (χ3n) is 6.85. The molecule has 0 bridgehead atoms. The van der Waals surface area contributed by atoms with Crippen molar-refractivity contribution in [3.05, 3.63) is 72.1 Å². The van der Waals surface area contributed by atoms with Gasteiger partial charge in [0.15, 0.2) is 0 Å². The molecule has 11 nitrogen and oxygen atoms in total. The van der Waals surface area contributed by atoms with Gasteiger partial charge in [-0.1, -0.05) is 50.2 Å². The summed E-state index contributed by atoms with van der Waals surface area (Å²) in [5.74, 6) is -3.21. The van der Waals surface area contributed by atoms with E-state index in [1.807, 2.05) is 54.7 Å². The Morgan fingerprint density at radius 2 is 1.38 bits per heavy atom. The van der Waals surface area contributed by atoms with Crippen molar-refractivity contribution >= 4 is 45.5 Å². The van der Waals surface area contributed by atoms with Gasteiger partial charge in [-0.3, -0.25) is 14.4 Å². The fourth-order valence-corrected chi connectivity index (χ4v) is 4.67. The molecule has 3 atom stereocenters. The van der Waals surface area contributed by atoms with E-state index in [2.05, 4.69) is 25.9 Å². The van der Waals surface area contributed by atoms with Gasteiger partial charge < -0.3 is 36.8 Å². The first-order valence-corrected chi connectivity index (χ1v) is 13.1. The van der Waals surface area contributed by atoms with Crippen LogP contribution in [0.1, 0.15) is 25.0 Å². The van der Waals surface area contributed by atoms with Gasteiger partial charge in [-0.25, -0.2) is 4.79 Å². The van der Waals surface area contributed by atoms with E-state index >= 15 is 0 Å². The van der Waals surface area contributed by atoms with Gasteiger partial charge in [0.25, 0.3) is 0 Å². The molecule has 0 spiro atoms. The van der Waals surface area contributed by atoms with Crippen LogP contribution in [0.2, 0.25) is 0 Å². The predicted octanol–water partition coefficient (Wildman–Crippen LogP) is 1.59. The van der Waals surface area contributed by atoms with Crippen LogP contribution >= 0.6 is 0 Å². The molecule has 8 N–H and O–H groups in total. The molecule has 2 aromatic heterocycles. The number of carbonyl (C=O) groups is 4. The number of rotatable bonds is 12. The summed E-state index contributed by atoms with van der Waals surface area (Å²) in [4.78, 5) is 56.4. The van der Waals surface area contributed by atoms with Crippen LogP contribution in [0.5, 0.6) is 0 Å². The van der Waals surface area contributed by atoms with Crippen LogP contribution < -0.4 is 21.7 Å². The minimum Gasteiger partial charge on any atom is -0.480 e. The summed E-state index contributed by atoms with van der Waals surface area (Å²) in [6.45, 7) is 3.08. The summed E-state index contributed by atoms with van der Waals surface area (Å²) >= 11 is 0. The molecule has 0 aliphatic rings. The third-order valence-corrected chi connectivity index (χ3v) is 6.85. The lowest BCUT2D eigenvalue weighted by Crippen LogP contribution is -2.55. The highest BCUT2D eigenvalue weighted by Crippen LogP contribution is 2.20. The number of para-hydroxylation sites is 2. The van der Waals surface area contributed by atoms with Crippen LogP contribution in [0.25, 0.3) is 21.8 Å². The molecule has 0 saturated heterocycles. The Bertz CT molecular complexity index is 1520. The van der Waals surface area contributed by atoms with Gasteiger partial charge in [0.05, 0.1) is 12.6 Å². The van der Waals surface area contributed by atoms with Gasteiger partial charge in [-0.15, -0.1) is 0 Å². The van der Waals surface area contributed by atoms with Crippen LogP contribution in [0, 0.1) is 5.92 Å². The number of carboxylic acid groups (broad SMARTS) is 1. The Hall–Kier alpha value is -4.64. The average molecular weight is 547 g/mol. The van der Waals surface area contributed by atoms with Crippen LogP contribution in [0.15, 0.2) is 60.9 Å². The number of hydrogen-bond donors (Lipinski definition) is 7. The molecule has 2 heterocycles. The number of aliphatic carboxylic acids is 1. The summed E-state index contributed by atoms with van der Waals surface area (Å²) in [6, 6.07) is 12.1. The lowest BCUT2D eigenvalue weighted by molar-refractivity contribution is -0.141. The molecule has 0 fully saturated rings. The fraction of sp³-hybridized carbons (Fsp3) is 0.310. The number of aromatic amines is 2. The minimum absolute atomic E-state index is 0.0675. The molecule has 0 aliphatic heterocycles. The summed E-state index contributed by atoms with van der Waals surface area (Å²) in [5, 5.41) is 19.2. The van der Waals surface area contributed by atoms with Gasteiger partial charge in [0, 0.05) is 40.6 Å². The molecule has 0 unspecified atom stereocenters. The van der Waals surface area contributed by atoms with Gasteiger partial charge in [0.1, 0.15) is 12.1 Å². The zero-order chi connectivity index (χ0) is 28.8. The second kappa shape index (κ2) is 12.5. The number of amides is 3. The number of carbonyl (C=O) groups excluding carboxylic acids is 3. The number of carboxylic acids is 1. The Morgan fingerprint density at radius 1 is 0.825 bits per heavy atom. The maximum Gasteiger partial charge on any atom is 0.326 e. The van der Waals surface area contributed by atoms with E-state index in [0.29, 0.717) is 0 Å². The highest BCUT2D eigenvalue weighted by Gasteiger charge is 2.28. The van der Waals surface area contributed by atoms with Crippen molar-refractivity contribution in [2.24, 2.45) is 11.7 Å². The number of nitrogens with one attached hydrogen (secondary N) is 5. The molecule has 0 aliphatic carbocycles. The summed E-state index contributed by atoms with van der Waals surface area (Å²) < 4.78 is 0. The van der Waals surface area contributed by atoms with Gasteiger partial charge >= 0.3 is 5.97 Å². The number of aromatic nitrogens is 2. The predicted molar refractivity (Wildman–Crippen MR) is 151 cm³/mol. The zero-order valence-electron chi connectivity index (χ0n) is 22.4. The Morgan fingerprint density at radius 3 is 1.93 bits per heavy atom. The molecule has 11 heteroatoms. The second-order valence-electron chi connectivity index (χ2n) is 10.1. The highest BCUT2D eigenvalue weighted by atomic mass is 16.4. The molecular weight excluding hydrogens is 512 g/mol.